The van der Waals surface area contributed by atoms with Crippen LogP contribution in [0.3, 0.4) is 0 Å². The molecule has 3 rings (SSSR count). The average Bonchev–Trinajstić information content (AvgIpc) is 3.01. The summed E-state index contributed by atoms with van der Waals surface area (Å²) in [7, 11) is -2.90. The van der Waals surface area contributed by atoms with Gasteiger partial charge in [0.15, 0.2) is 5.82 Å². The van der Waals surface area contributed by atoms with Crippen LogP contribution in [0.1, 0.15) is 18.4 Å². The van der Waals surface area contributed by atoms with E-state index in [1.54, 1.807) is 11.3 Å². The van der Waals surface area contributed by atoms with Gasteiger partial charge in [0, 0.05) is 37.3 Å². The van der Waals surface area contributed by atoms with Gasteiger partial charge in [-0.1, -0.05) is 6.07 Å². The summed E-state index contributed by atoms with van der Waals surface area (Å²) in [6, 6.07) is 4.01. The first kappa shape index (κ1) is 16.5. The molecule has 0 radical (unpaired) electrons. The second-order valence-corrected chi connectivity index (χ2v) is 9.36. The molecule has 124 valence electrons. The Balaban J connectivity index is 1.60. The molecule has 0 N–H and O–H groups in total. The molecule has 0 spiro atoms. The number of sulfone groups is 1. The first-order valence-corrected chi connectivity index (χ1v) is 10.7. The highest BCUT2D eigenvalue weighted by Crippen LogP contribution is 2.22. The number of piperidine rings is 1. The van der Waals surface area contributed by atoms with Crippen molar-refractivity contribution in [3.8, 4) is 10.7 Å². The van der Waals surface area contributed by atoms with Gasteiger partial charge in [0.1, 0.15) is 9.84 Å². The maximum Gasteiger partial charge on any atom is 0.169 e. The van der Waals surface area contributed by atoms with Gasteiger partial charge < -0.3 is 0 Å². The third-order valence-electron chi connectivity index (χ3n) is 3.99. The second-order valence-electron chi connectivity index (χ2n) is 6.23. The van der Waals surface area contributed by atoms with Gasteiger partial charge in [-0.05, 0) is 36.8 Å². The predicted molar refractivity (Wildman–Crippen MR) is 93.1 cm³/mol. The topological polar surface area (TPSA) is 63.2 Å². The van der Waals surface area contributed by atoms with E-state index in [1.165, 1.54) is 6.26 Å². The maximum atomic E-state index is 11.5. The zero-order valence-corrected chi connectivity index (χ0v) is 14.8. The normalized spacial score (nSPS) is 19.8. The van der Waals surface area contributed by atoms with Gasteiger partial charge in [0.25, 0.3) is 0 Å². The Kier molecular flexibility index (Phi) is 5.08. The van der Waals surface area contributed by atoms with Crippen LogP contribution < -0.4 is 0 Å². The molecular weight excluding hydrogens is 330 g/mol. The Morgan fingerprint density at radius 1 is 1.35 bits per heavy atom. The summed E-state index contributed by atoms with van der Waals surface area (Å²) in [5, 5.41) is 2.02. The summed E-state index contributed by atoms with van der Waals surface area (Å²) < 4.78 is 23.0. The lowest BCUT2D eigenvalue weighted by Gasteiger charge is -2.32. The molecule has 1 saturated heterocycles. The number of aromatic nitrogens is 2. The molecule has 0 amide bonds. The minimum Gasteiger partial charge on any atom is -0.299 e. The molecule has 1 unspecified atom stereocenters. The van der Waals surface area contributed by atoms with Gasteiger partial charge in [-0.15, -0.1) is 11.3 Å². The molecule has 1 aliphatic heterocycles. The van der Waals surface area contributed by atoms with Crippen LogP contribution in [0.4, 0.5) is 0 Å². The third-order valence-corrected chi connectivity index (χ3v) is 5.94. The van der Waals surface area contributed by atoms with E-state index in [0.29, 0.717) is 0 Å². The van der Waals surface area contributed by atoms with Crippen molar-refractivity contribution >= 4 is 21.2 Å². The Labute approximate surface area is 141 Å². The molecule has 0 saturated carbocycles. The highest BCUT2D eigenvalue weighted by atomic mass is 32.2. The summed E-state index contributed by atoms with van der Waals surface area (Å²) in [6.07, 6.45) is 7.12. The number of hydrogen-bond acceptors (Lipinski definition) is 6. The Bertz CT molecular complexity index is 727. The molecule has 2 aromatic heterocycles. The van der Waals surface area contributed by atoms with Gasteiger partial charge in [-0.25, -0.2) is 18.4 Å². The average molecular weight is 351 g/mol. The van der Waals surface area contributed by atoms with E-state index in [2.05, 4.69) is 14.9 Å². The van der Waals surface area contributed by atoms with E-state index in [9.17, 15) is 8.42 Å². The zero-order chi connectivity index (χ0) is 16.3. The van der Waals surface area contributed by atoms with Gasteiger partial charge in [-0.3, -0.25) is 4.90 Å². The predicted octanol–water partition coefficient (Wildman–Crippen LogP) is 2.46. The molecule has 3 heterocycles. The Hall–Kier alpha value is -1.31. The van der Waals surface area contributed by atoms with Gasteiger partial charge >= 0.3 is 0 Å². The summed E-state index contributed by atoms with van der Waals surface area (Å²) in [6.45, 7) is 2.62. The molecule has 0 bridgehead atoms. The van der Waals surface area contributed by atoms with Crippen molar-refractivity contribution in [1.29, 1.82) is 0 Å². The van der Waals surface area contributed by atoms with Crippen LogP contribution in [0.25, 0.3) is 10.7 Å². The van der Waals surface area contributed by atoms with Crippen molar-refractivity contribution in [2.45, 2.75) is 19.4 Å². The fourth-order valence-corrected chi connectivity index (χ4v) is 4.89. The molecular formula is C16H21N3O2S2. The van der Waals surface area contributed by atoms with Crippen molar-refractivity contribution in [2.24, 2.45) is 5.92 Å². The number of likely N-dealkylation sites (tertiary alicyclic amines) is 1. The first-order chi connectivity index (χ1) is 11.0. The lowest BCUT2D eigenvalue weighted by molar-refractivity contribution is 0.177. The fraction of sp³-hybridized carbons (Fsp3) is 0.500. The standard InChI is InChI=1S/C16H21N3O2S2/c1-23(20,21)12-13-4-2-6-19(10-13)11-14-8-17-16(18-9-14)15-5-3-7-22-15/h3,5,7-9,13H,2,4,6,10-12H2,1H3. The molecule has 7 heteroatoms. The Morgan fingerprint density at radius 3 is 2.78 bits per heavy atom. The van der Waals surface area contributed by atoms with E-state index < -0.39 is 9.84 Å². The minimum atomic E-state index is -2.90. The van der Waals surface area contributed by atoms with Crippen molar-refractivity contribution in [1.82, 2.24) is 14.9 Å². The molecule has 2 aromatic rings. The Morgan fingerprint density at radius 2 is 2.13 bits per heavy atom. The molecule has 0 aliphatic carbocycles. The van der Waals surface area contributed by atoms with Crippen LogP contribution in [0, 0.1) is 5.92 Å². The van der Waals surface area contributed by atoms with Crippen molar-refractivity contribution in [3.63, 3.8) is 0 Å². The SMILES string of the molecule is CS(=O)(=O)CC1CCCN(Cc2cnc(-c3cccs3)nc2)C1. The molecule has 23 heavy (non-hydrogen) atoms. The van der Waals surface area contributed by atoms with Crippen LogP contribution in [0.2, 0.25) is 0 Å². The molecule has 1 fully saturated rings. The number of nitrogens with zero attached hydrogens (tertiary/aromatic N) is 3. The van der Waals surface area contributed by atoms with E-state index in [1.807, 2.05) is 29.9 Å². The van der Waals surface area contributed by atoms with Crippen LogP contribution in [-0.4, -0.2) is 48.4 Å². The quantitative estimate of drug-likeness (QED) is 0.828. The number of rotatable bonds is 5. The first-order valence-electron chi connectivity index (χ1n) is 7.74. The van der Waals surface area contributed by atoms with Gasteiger partial charge in [0.05, 0.1) is 10.6 Å². The van der Waals surface area contributed by atoms with Crippen LogP contribution in [0.15, 0.2) is 29.9 Å². The highest BCUT2D eigenvalue weighted by Gasteiger charge is 2.23. The largest absolute Gasteiger partial charge is 0.299 e. The van der Waals surface area contributed by atoms with E-state index in [4.69, 9.17) is 0 Å². The summed E-state index contributed by atoms with van der Waals surface area (Å²) >= 11 is 1.63. The smallest absolute Gasteiger partial charge is 0.169 e. The van der Waals surface area contributed by atoms with Crippen LogP contribution in [-0.2, 0) is 16.4 Å². The molecule has 1 aliphatic rings. The molecule has 5 nitrogen and oxygen atoms in total. The van der Waals surface area contributed by atoms with Gasteiger partial charge in [-0.2, -0.15) is 0 Å². The van der Waals surface area contributed by atoms with E-state index >= 15 is 0 Å². The molecule has 0 aromatic carbocycles. The van der Waals surface area contributed by atoms with Crippen molar-refractivity contribution in [2.75, 3.05) is 25.1 Å². The minimum absolute atomic E-state index is 0.241. The van der Waals surface area contributed by atoms with E-state index in [0.717, 1.165) is 48.7 Å². The van der Waals surface area contributed by atoms with Crippen molar-refractivity contribution in [3.05, 3.63) is 35.5 Å². The summed E-state index contributed by atoms with van der Waals surface area (Å²) in [4.78, 5) is 12.3. The fourth-order valence-electron chi connectivity index (χ4n) is 3.09. The summed E-state index contributed by atoms with van der Waals surface area (Å²) in [5.74, 6) is 1.29. The second kappa shape index (κ2) is 7.07. The molecule has 1 atom stereocenters. The zero-order valence-electron chi connectivity index (χ0n) is 13.2. The highest BCUT2D eigenvalue weighted by molar-refractivity contribution is 7.90. The maximum absolute atomic E-state index is 11.5. The van der Waals surface area contributed by atoms with Crippen LogP contribution in [0.5, 0.6) is 0 Å². The van der Waals surface area contributed by atoms with E-state index in [-0.39, 0.29) is 11.7 Å². The van der Waals surface area contributed by atoms with Crippen LogP contribution >= 0.6 is 11.3 Å². The number of thiophene rings is 1. The summed E-state index contributed by atoms with van der Waals surface area (Å²) in [5.41, 5.74) is 1.07. The third kappa shape index (κ3) is 4.83. The lowest BCUT2D eigenvalue weighted by Crippen LogP contribution is -2.37. The number of hydrogen-bond donors (Lipinski definition) is 0. The lowest BCUT2D eigenvalue weighted by atomic mass is 10.00. The van der Waals surface area contributed by atoms with Gasteiger partial charge in [0.2, 0.25) is 0 Å². The monoisotopic (exact) mass is 351 g/mol. The van der Waals surface area contributed by atoms with Crippen molar-refractivity contribution < 1.29 is 8.42 Å².